The van der Waals surface area contributed by atoms with Crippen molar-refractivity contribution < 1.29 is 9.53 Å². The Morgan fingerprint density at radius 2 is 2.17 bits per heavy atom. The molecule has 1 N–H and O–H groups in total. The summed E-state index contributed by atoms with van der Waals surface area (Å²) >= 11 is 5.86. The van der Waals surface area contributed by atoms with Gasteiger partial charge in [-0.2, -0.15) is 0 Å². The second-order valence-electron chi connectivity index (χ2n) is 4.58. The number of halogens is 1. The Hall–Kier alpha value is -1.22. The highest BCUT2D eigenvalue weighted by atomic mass is 35.5. The van der Waals surface area contributed by atoms with Crippen molar-refractivity contribution in [3.8, 4) is 5.75 Å². The van der Waals surface area contributed by atoms with Gasteiger partial charge in [-0.05, 0) is 51.0 Å². The van der Waals surface area contributed by atoms with Crippen molar-refractivity contribution in [2.45, 2.75) is 39.7 Å². The molecule has 1 amide bonds. The number of carbonyl (C=O) groups excluding carboxylic acids is 1. The molecule has 1 aromatic carbocycles. The molecule has 1 aromatic rings. The maximum atomic E-state index is 11.4. The zero-order valence-electron chi connectivity index (χ0n) is 11.1. The molecule has 100 valence electrons. The van der Waals surface area contributed by atoms with Gasteiger partial charge in [0.25, 0.3) is 0 Å². The number of ether oxygens (including phenoxy) is 1. The molecule has 0 aliphatic rings. The van der Waals surface area contributed by atoms with Gasteiger partial charge in [-0.15, -0.1) is 0 Å². The Bertz CT molecular complexity index is 405. The van der Waals surface area contributed by atoms with E-state index < -0.39 is 0 Å². The highest BCUT2D eigenvalue weighted by Gasteiger charge is 2.04. The molecular formula is C14H20ClNO2. The molecule has 0 atom stereocenters. The number of nitrogens with one attached hydrogen (secondary N) is 1. The van der Waals surface area contributed by atoms with Crippen molar-refractivity contribution in [3.63, 3.8) is 0 Å². The molecule has 0 heterocycles. The number of carbonyl (C=O) groups is 1. The fourth-order valence-corrected chi connectivity index (χ4v) is 1.81. The number of hydrogen-bond acceptors (Lipinski definition) is 2. The van der Waals surface area contributed by atoms with Crippen molar-refractivity contribution in [3.05, 3.63) is 28.8 Å². The van der Waals surface area contributed by atoms with E-state index in [0.29, 0.717) is 24.5 Å². The molecule has 0 fully saturated rings. The molecule has 0 saturated heterocycles. The molecule has 0 aliphatic heterocycles. The van der Waals surface area contributed by atoms with E-state index in [2.05, 4.69) is 5.32 Å². The summed E-state index contributed by atoms with van der Waals surface area (Å²) in [5.41, 5.74) is 1.01. The van der Waals surface area contributed by atoms with Crippen molar-refractivity contribution in [1.82, 2.24) is 5.32 Å². The predicted octanol–water partition coefficient (Wildman–Crippen LogP) is 3.33. The van der Waals surface area contributed by atoms with Gasteiger partial charge in [0, 0.05) is 17.5 Å². The zero-order chi connectivity index (χ0) is 13.5. The fraction of sp³-hybridized carbons (Fsp3) is 0.500. The molecule has 18 heavy (non-hydrogen) atoms. The lowest BCUT2D eigenvalue weighted by atomic mass is 10.2. The molecule has 3 nitrogen and oxygen atoms in total. The van der Waals surface area contributed by atoms with Crippen molar-refractivity contribution in [1.29, 1.82) is 0 Å². The maximum Gasteiger partial charge on any atom is 0.220 e. The first-order chi connectivity index (χ1) is 8.49. The first-order valence-corrected chi connectivity index (χ1v) is 6.55. The average molecular weight is 270 g/mol. The SMILES string of the molecule is Cc1cc(Cl)ccc1OCCCC(=O)NC(C)C. The Balaban J connectivity index is 2.27. The van der Waals surface area contributed by atoms with E-state index in [0.717, 1.165) is 11.3 Å². The van der Waals surface area contributed by atoms with Crippen LogP contribution in [0.2, 0.25) is 5.02 Å². The van der Waals surface area contributed by atoms with Crippen LogP contribution in [-0.2, 0) is 4.79 Å². The summed E-state index contributed by atoms with van der Waals surface area (Å²) in [6, 6.07) is 5.71. The third-order valence-electron chi connectivity index (χ3n) is 2.39. The van der Waals surface area contributed by atoms with E-state index in [4.69, 9.17) is 16.3 Å². The summed E-state index contributed by atoms with van der Waals surface area (Å²) in [5, 5.41) is 3.55. The van der Waals surface area contributed by atoms with Crippen LogP contribution in [0.3, 0.4) is 0 Å². The topological polar surface area (TPSA) is 38.3 Å². The largest absolute Gasteiger partial charge is 0.493 e. The van der Waals surface area contributed by atoms with Gasteiger partial charge >= 0.3 is 0 Å². The van der Waals surface area contributed by atoms with Crippen LogP contribution >= 0.6 is 11.6 Å². The second kappa shape index (κ2) is 7.27. The van der Waals surface area contributed by atoms with E-state index in [-0.39, 0.29) is 11.9 Å². The maximum absolute atomic E-state index is 11.4. The average Bonchev–Trinajstić information content (AvgIpc) is 2.25. The highest BCUT2D eigenvalue weighted by molar-refractivity contribution is 6.30. The third kappa shape index (κ3) is 5.41. The third-order valence-corrected chi connectivity index (χ3v) is 2.63. The van der Waals surface area contributed by atoms with Gasteiger partial charge < -0.3 is 10.1 Å². The van der Waals surface area contributed by atoms with Gasteiger partial charge in [0.1, 0.15) is 5.75 Å². The van der Waals surface area contributed by atoms with Crippen molar-refractivity contribution in [2.24, 2.45) is 0 Å². The summed E-state index contributed by atoms with van der Waals surface area (Å²) in [7, 11) is 0. The molecule has 4 heteroatoms. The zero-order valence-corrected chi connectivity index (χ0v) is 11.9. The lowest BCUT2D eigenvalue weighted by Crippen LogP contribution is -2.30. The molecule has 0 aliphatic carbocycles. The van der Waals surface area contributed by atoms with Crippen molar-refractivity contribution >= 4 is 17.5 Å². The predicted molar refractivity (Wildman–Crippen MR) is 74.2 cm³/mol. The minimum atomic E-state index is 0.0708. The van der Waals surface area contributed by atoms with Gasteiger partial charge in [0.05, 0.1) is 6.61 Å². The first kappa shape index (κ1) is 14.8. The number of aryl methyl sites for hydroxylation is 1. The molecule has 1 rings (SSSR count). The Kier molecular flexibility index (Phi) is 5.99. The van der Waals surface area contributed by atoms with E-state index in [9.17, 15) is 4.79 Å². The van der Waals surface area contributed by atoms with Gasteiger partial charge in [-0.3, -0.25) is 4.79 Å². The van der Waals surface area contributed by atoms with Crippen LogP contribution in [0, 0.1) is 6.92 Å². The van der Waals surface area contributed by atoms with Gasteiger partial charge in [-0.1, -0.05) is 11.6 Å². The Morgan fingerprint density at radius 3 is 2.78 bits per heavy atom. The normalized spacial score (nSPS) is 10.5. The summed E-state index contributed by atoms with van der Waals surface area (Å²) in [4.78, 5) is 11.4. The van der Waals surface area contributed by atoms with Crippen LogP contribution in [0.25, 0.3) is 0 Å². The molecule has 0 bridgehead atoms. The first-order valence-electron chi connectivity index (χ1n) is 6.17. The monoisotopic (exact) mass is 269 g/mol. The number of amides is 1. The Morgan fingerprint density at radius 1 is 1.44 bits per heavy atom. The summed E-state index contributed by atoms with van der Waals surface area (Å²) in [6.45, 7) is 6.39. The van der Waals surface area contributed by atoms with Gasteiger partial charge in [0.15, 0.2) is 0 Å². The lowest BCUT2D eigenvalue weighted by molar-refractivity contribution is -0.121. The standard InChI is InChI=1S/C14H20ClNO2/c1-10(2)16-14(17)5-4-8-18-13-7-6-12(15)9-11(13)3/h6-7,9-10H,4-5,8H2,1-3H3,(H,16,17). The Labute approximate surface area is 113 Å². The summed E-state index contributed by atoms with van der Waals surface area (Å²) in [5.74, 6) is 0.894. The van der Waals surface area contributed by atoms with Crippen LogP contribution in [-0.4, -0.2) is 18.6 Å². The minimum absolute atomic E-state index is 0.0708. The molecule has 0 spiro atoms. The van der Waals surface area contributed by atoms with E-state index >= 15 is 0 Å². The van der Waals surface area contributed by atoms with E-state index in [1.54, 1.807) is 6.07 Å². The van der Waals surface area contributed by atoms with Crippen LogP contribution in [0.1, 0.15) is 32.3 Å². The molecule has 0 aromatic heterocycles. The molecule has 0 unspecified atom stereocenters. The van der Waals surface area contributed by atoms with E-state index in [1.807, 2.05) is 32.9 Å². The van der Waals surface area contributed by atoms with Crippen LogP contribution in [0.4, 0.5) is 0 Å². The molecule has 0 radical (unpaired) electrons. The van der Waals surface area contributed by atoms with Crippen molar-refractivity contribution in [2.75, 3.05) is 6.61 Å². The summed E-state index contributed by atoms with van der Waals surface area (Å²) < 4.78 is 5.61. The lowest BCUT2D eigenvalue weighted by Gasteiger charge is -2.10. The number of hydrogen-bond donors (Lipinski definition) is 1. The minimum Gasteiger partial charge on any atom is -0.493 e. The quantitative estimate of drug-likeness (QED) is 0.805. The number of benzene rings is 1. The number of rotatable bonds is 6. The molecular weight excluding hydrogens is 250 g/mol. The van der Waals surface area contributed by atoms with Crippen LogP contribution < -0.4 is 10.1 Å². The van der Waals surface area contributed by atoms with E-state index in [1.165, 1.54) is 0 Å². The van der Waals surface area contributed by atoms with Gasteiger partial charge in [-0.25, -0.2) is 0 Å². The van der Waals surface area contributed by atoms with Crippen LogP contribution in [0.5, 0.6) is 5.75 Å². The fourth-order valence-electron chi connectivity index (χ4n) is 1.58. The summed E-state index contributed by atoms with van der Waals surface area (Å²) in [6.07, 6.45) is 1.20. The smallest absolute Gasteiger partial charge is 0.220 e. The van der Waals surface area contributed by atoms with Gasteiger partial charge in [0.2, 0.25) is 5.91 Å². The second-order valence-corrected chi connectivity index (χ2v) is 5.02. The van der Waals surface area contributed by atoms with Crippen LogP contribution in [0.15, 0.2) is 18.2 Å². The highest BCUT2D eigenvalue weighted by Crippen LogP contribution is 2.21. The molecule has 0 saturated carbocycles.